The Morgan fingerprint density at radius 3 is 3.00 bits per heavy atom. The fraction of sp³-hybridized carbons (Fsp3) is 0.286. The fourth-order valence-corrected chi connectivity index (χ4v) is 4.55. The molecule has 5 rings (SSSR count). The van der Waals surface area contributed by atoms with E-state index in [1.54, 1.807) is 36.3 Å². The molecule has 0 unspecified atom stereocenters. The van der Waals surface area contributed by atoms with Gasteiger partial charge >= 0.3 is 0 Å². The highest BCUT2D eigenvalue weighted by Crippen LogP contribution is 2.30. The van der Waals surface area contributed by atoms with E-state index in [9.17, 15) is 9.18 Å². The van der Waals surface area contributed by atoms with Gasteiger partial charge < -0.3 is 10.6 Å². The number of carbonyl (C=O) groups excluding carboxylic acids is 1. The zero-order valence-corrected chi connectivity index (χ0v) is 18.2. The molecule has 3 heterocycles. The lowest BCUT2D eigenvalue weighted by Crippen LogP contribution is -2.27. The van der Waals surface area contributed by atoms with Gasteiger partial charge in [0.25, 0.3) is 0 Å². The third-order valence-corrected chi connectivity index (χ3v) is 6.24. The molecule has 1 aliphatic carbocycles. The number of fused-ring (bicyclic) bond motifs is 2. The molecule has 1 saturated carbocycles. The second-order valence-corrected chi connectivity index (χ2v) is 8.35. The lowest BCUT2D eigenvalue weighted by molar-refractivity contribution is -0.124. The van der Waals surface area contributed by atoms with Crippen molar-refractivity contribution in [3.8, 4) is 5.69 Å². The lowest BCUT2D eigenvalue weighted by atomic mass is 10.1. The average Bonchev–Trinajstić information content (AvgIpc) is 3.37. The first-order chi connectivity index (χ1) is 15.0. The molecule has 8 nitrogen and oxygen atoms in total. The smallest absolute Gasteiger partial charge is 0.224 e. The van der Waals surface area contributed by atoms with Crippen LogP contribution in [0.4, 0.5) is 10.3 Å². The Bertz CT molecular complexity index is 1310. The third-order valence-electron chi connectivity index (χ3n) is 5.65. The van der Waals surface area contributed by atoms with Gasteiger partial charge in [-0.1, -0.05) is 6.07 Å². The van der Waals surface area contributed by atoms with Crippen LogP contribution in [0.15, 0.2) is 41.3 Å². The Hall–Kier alpha value is -3.14. The van der Waals surface area contributed by atoms with Gasteiger partial charge in [0.15, 0.2) is 11.5 Å². The van der Waals surface area contributed by atoms with Crippen molar-refractivity contribution in [1.82, 2.24) is 30.0 Å². The number of hydrogen-bond donors (Lipinski definition) is 2. The quantitative estimate of drug-likeness (QED) is 0.460. The SMILES string of the molecule is CNC(=O)[C@H]1CC[C@@H](Nc2ncc3c(Br)nn(-c4cc(F)c5ncccc5c4)c3n2)C1. The van der Waals surface area contributed by atoms with Gasteiger partial charge in [0, 0.05) is 42.9 Å². The minimum Gasteiger partial charge on any atom is -0.359 e. The number of pyridine rings is 1. The number of aromatic nitrogens is 5. The summed E-state index contributed by atoms with van der Waals surface area (Å²) in [6, 6.07) is 6.91. The normalized spacial score (nSPS) is 18.5. The number of rotatable bonds is 4. The van der Waals surface area contributed by atoms with Crippen molar-refractivity contribution >= 4 is 49.7 Å². The Labute approximate surface area is 185 Å². The van der Waals surface area contributed by atoms with E-state index < -0.39 is 5.82 Å². The maximum Gasteiger partial charge on any atom is 0.224 e. The molecule has 0 spiro atoms. The molecule has 0 radical (unpaired) electrons. The van der Waals surface area contributed by atoms with Crippen LogP contribution in [0.2, 0.25) is 0 Å². The van der Waals surface area contributed by atoms with Crippen LogP contribution in [0.5, 0.6) is 0 Å². The number of halogens is 2. The van der Waals surface area contributed by atoms with E-state index in [0.717, 1.165) is 19.3 Å². The Morgan fingerprint density at radius 1 is 1.29 bits per heavy atom. The maximum atomic E-state index is 14.6. The van der Waals surface area contributed by atoms with E-state index in [1.165, 1.54) is 6.07 Å². The van der Waals surface area contributed by atoms with Gasteiger partial charge in [-0.25, -0.2) is 14.1 Å². The van der Waals surface area contributed by atoms with Gasteiger partial charge in [0.05, 0.1) is 11.1 Å². The van der Waals surface area contributed by atoms with E-state index in [-0.39, 0.29) is 17.9 Å². The molecule has 1 amide bonds. The molecule has 0 aliphatic heterocycles. The zero-order valence-electron chi connectivity index (χ0n) is 16.6. The zero-order chi connectivity index (χ0) is 21.5. The van der Waals surface area contributed by atoms with Crippen LogP contribution in [0.25, 0.3) is 27.6 Å². The van der Waals surface area contributed by atoms with Crippen LogP contribution in [0.3, 0.4) is 0 Å². The molecular weight excluding hydrogens is 465 g/mol. The van der Waals surface area contributed by atoms with Crippen LogP contribution in [0.1, 0.15) is 19.3 Å². The molecule has 2 N–H and O–H groups in total. The molecule has 4 aromatic rings. The molecular formula is C21H19BrFN7O. The van der Waals surface area contributed by atoms with Crippen molar-refractivity contribution in [3.63, 3.8) is 0 Å². The molecule has 1 fully saturated rings. The monoisotopic (exact) mass is 483 g/mol. The highest BCUT2D eigenvalue weighted by Gasteiger charge is 2.29. The predicted molar refractivity (Wildman–Crippen MR) is 118 cm³/mol. The van der Waals surface area contributed by atoms with Gasteiger partial charge in [-0.15, -0.1) is 0 Å². The number of nitrogens with one attached hydrogen (secondary N) is 2. The summed E-state index contributed by atoms with van der Waals surface area (Å²) < 4.78 is 16.8. The first kappa shape index (κ1) is 19.8. The second-order valence-electron chi connectivity index (χ2n) is 7.60. The number of benzene rings is 1. The summed E-state index contributed by atoms with van der Waals surface area (Å²) in [6.45, 7) is 0. The van der Waals surface area contributed by atoms with Crippen LogP contribution < -0.4 is 10.6 Å². The minimum absolute atomic E-state index is 0.0000814. The standard InChI is InChI=1S/C21H19BrFN7O/c1-24-20(31)12-4-5-13(7-12)27-21-26-10-15-18(22)29-30(19(15)28-21)14-8-11-3-2-6-25-17(11)16(23)9-14/h2-3,6,8-10,12-13H,4-5,7H2,1H3,(H,24,31)(H,26,27,28)/t12-,13+/m0/s1. The van der Waals surface area contributed by atoms with E-state index in [4.69, 9.17) is 0 Å². The summed E-state index contributed by atoms with van der Waals surface area (Å²) in [6.07, 6.45) is 5.67. The second kappa shape index (κ2) is 7.84. The summed E-state index contributed by atoms with van der Waals surface area (Å²) in [5, 5.41) is 11.9. The summed E-state index contributed by atoms with van der Waals surface area (Å²) in [5.74, 6) is 0.0914. The first-order valence-corrected chi connectivity index (χ1v) is 10.8. The van der Waals surface area contributed by atoms with Gasteiger partial charge in [-0.3, -0.25) is 9.78 Å². The largest absolute Gasteiger partial charge is 0.359 e. The Kier molecular flexibility index (Phi) is 5.01. The minimum atomic E-state index is -0.425. The van der Waals surface area contributed by atoms with Crippen molar-refractivity contribution in [2.75, 3.05) is 12.4 Å². The van der Waals surface area contributed by atoms with E-state index >= 15 is 0 Å². The molecule has 2 atom stereocenters. The van der Waals surface area contributed by atoms with Gasteiger partial charge in [0.2, 0.25) is 11.9 Å². The molecule has 31 heavy (non-hydrogen) atoms. The van der Waals surface area contributed by atoms with E-state index in [2.05, 4.69) is 46.6 Å². The average molecular weight is 484 g/mol. The van der Waals surface area contributed by atoms with Crippen molar-refractivity contribution in [1.29, 1.82) is 0 Å². The topological polar surface area (TPSA) is 97.6 Å². The Balaban J connectivity index is 1.50. The number of carbonyl (C=O) groups is 1. The lowest BCUT2D eigenvalue weighted by Gasteiger charge is -2.13. The predicted octanol–water partition coefficient (Wildman–Crippen LogP) is 3.59. The number of hydrogen-bond acceptors (Lipinski definition) is 6. The van der Waals surface area contributed by atoms with Crippen LogP contribution in [0, 0.1) is 11.7 Å². The summed E-state index contributed by atoms with van der Waals surface area (Å²) in [4.78, 5) is 25.0. The van der Waals surface area contributed by atoms with E-state index in [1.807, 2.05) is 6.07 Å². The number of nitrogens with zero attached hydrogens (tertiary/aromatic N) is 5. The van der Waals surface area contributed by atoms with E-state index in [0.29, 0.717) is 38.2 Å². The summed E-state index contributed by atoms with van der Waals surface area (Å²) in [5.41, 5.74) is 1.40. The Morgan fingerprint density at radius 2 is 2.16 bits per heavy atom. The highest BCUT2D eigenvalue weighted by molar-refractivity contribution is 9.10. The molecule has 0 bridgehead atoms. The van der Waals surface area contributed by atoms with Crippen molar-refractivity contribution in [2.24, 2.45) is 5.92 Å². The molecule has 3 aromatic heterocycles. The van der Waals surface area contributed by atoms with Crippen molar-refractivity contribution in [3.05, 3.63) is 47.1 Å². The van der Waals surface area contributed by atoms with Crippen LogP contribution >= 0.6 is 15.9 Å². The van der Waals surface area contributed by atoms with Crippen LogP contribution in [-0.2, 0) is 4.79 Å². The van der Waals surface area contributed by atoms with Gasteiger partial charge in [0.1, 0.15) is 10.1 Å². The molecule has 0 saturated heterocycles. The first-order valence-electron chi connectivity index (χ1n) is 9.97. The summed E-state index contributed by atoms with van der Waals surface area (Å²) >= 11 is 3.44. The van der Waals surface area contributed by atoms with Crippen LogP contribution in [-0.4, -0.2) is 43.7 Å². The van der Waals surface area contributed by atoms with Crippen molar-refractivity contribution < 1.29 is 9.18 Å². The number of anilines is 1. The molecule has 10 heteroatoms. The van der Waals surface area contributed by atoms with Crippen molar-refractivity contribution in [2.45, 2.75) is 25.3 Å². The van der Waals surface area contributed by atoms with Gasteiger partial charge in [-0.05, 0) is 47.3 Å². The molecule has 1 aromatic carbocycles. The fourth-order valence-electron chi connectivity index (χ4n) is 4.11. The molecule has 158 valence electrons. The molecule has 1 aliphatic rings. The maximum absolute atomic E-state index is 14.6. The summed E-state index contributed by atoms with van der Waals surface area (Å²) in [7, 11) is 1.66. The highest BCUT2D eigenvalue weighted by atomic mass is 79.9. The van der Waals surface area contributed by atoms with Gasteiger partial charge in [-0.2, -0.15) is 10.1 Å². The number of amides is 1. The third kappa shape index (κ3) is 3.60.